The molecule has 2 nitrogen and oxygen atoms in total. The van der Waals surface area contributed by atoms with Crippen LogP contribution < -0.4 is 9.47 Å². The zero-order valence-corrected chi connectivity index (χ0v) is 24.8. The molecule has 20 heteroatoms. The number of halogens is 18. The van der Waals surface area contributed by atoms with E-state index in [2.05, 4.69) is 15.2 Å². The summed E-state index contributed by atoms with van der Waals surface area (Å²) in [6, 6.07) is -1.10. The van der Waals surface area contributed by atoms with Crippen molar-refractivity contribution in [1.29, 1.82) is 0 Å². The highest BCUT2D eigenvalue weighted by Crippen LogP contribution is 2.42. The lowest BCUT2D eigenvalue weighted by molar-refractivity contribution is -0.190. The summed E-state index contributed by atoms with van der Waals surface area (Å²) < 4.78 is 259. The van der Waals surface area contributed by atoms with Gasteiger partial charge in [-0.2, -0.15) is 43.9 Å². The number of hydrogen-bond donors (Lipinski definition) is 0. The molecule has 278 valence electrons. The smallest absolute Gasteiger partial charge is 0.429 e. The lowest BCUT2D eigenvalue weighted by Crippen LogP contribution is -2.26. The van der Waals surface area contributed by atoms with Crippen LogP contribution in [0.3, 0.4) is 0 Å². The number of ether oxygens (including phenoxy) is 2. The van der Waals surface area contributed by atoms with Gasteiger partial charge in [0, 0.05) is 29.8 Å². The average Bonchev–Trinajstić information content (AvgIpc) is 2.91. The van der Waals surface area contributed by atoms with Crippen molar-refractivity contribution in [3.05, 3.63) is 140 Å². The molecule has 0 atom stereocenters. The molecule has 0 amide bonds. The van der Waals surface area contributed by atoms with Crippen molar-refractivity contribution >= 4 is 5.57 Å². The Balaban J connectivity index is 1.70. The van der Waals surface area contributed by atoms with Crippen molar-refractivity contribution < 1.29 is 88.5 Å². The average molecular weight is 770 g/mol. The second-order valence-corrected chi connectivity index (χ2v) is 10.2. The maximum absolute atomic E-state index is 15.0. The predicted octanol–water partition coefficient (Wildman–Crippen LogP) is 11.7. The van der Waals surface area contributed by atoms with Gasteiger partial charge in [0.15, 0.2) is 0 Å². The highest BCUT2D eigenvalue weighted by atomic mass is 19.4. The maximum atomic E-state index is 15.0. The topological polar surface area (TPSA) is 18.5 Å². The van der Waals surface area contributed by atoms with E-state index in [-0.39, 0.29) is 48.5 Å². The molecule has 4 aromatic rings. The van der Waals surface area contributed by atoms with Gasteiger partial charge in [0.1, 0.15) is 80.3 Å². The largest absolute Gasteiger partial charge is 0.432 e. The lowest BCUT2D eigenvalue weighted by Gasteiger charge is -2.21. The van der Waals surface area contributed by atoms with E-state index in [1.54, 1.807) is 0 Å². The minimum absolute atomic E-state index is 0.0740. The molecule has 52 heavy (non-hydrogen) atoms. The Bertz CT molecular complexity index is 1870. The van der Waals surface area contributed by atoms with Crippen LogP contribution in [-0.4, -0.2) is 0 Å². The van der Waals surface area contributed by atoms with E-state index in [1.807, 2.05) is 0 Å². The Morgan fingerprint density at radius 2 is 0.692 bits per heavy atom. The minimum atomic E-state index is -5.61. The second kappa shape index (κ2) is 13.7. The Labute approximate surface area is 277 Å². The normalized spacial score (nSPS) is 12.4. The van der Waals surface area contributed by atoms with E-state index >= 15 is 17.6 Å². The van der Waals surface area contributed by atoms with E-state index in [0.29, 0.717) is 0 Å². The van der Waals surface area contributed by atoms with Crippen LogP contribution in [0.15, 0.2) is 60.3 Å². The zero-order valence-electron chi connectivity index (χ0n) is 24.8. The van der Waals surface area contributed by atoms with Crippen LogP contribution >= 0.6 is 0 Å². The third-order valence-corrected chi connectivity index (χ3v) is 6.62. The van der Waals surface area contributed by atoms with Gasteiger partial charge in [-0.25, -0.2) is 35.1 Å². The van der Waals surface area contributed by atoms with Crippen molar-refractivity contribution in [1.82, 2.24) is 0 Å². The molecule has 0 heterocycles. The van der Waals surface area contributed by atoms with Gasteiger partial charge in [-0.1, -0.05) is 0 Å². The van der Waals surface area contributed by atoms with Crippen LogP contribution in [0, 0.1) is 46.5 Å². The quantitative estimate of drug-likeness (QED) is 0.131. The molecular formula is C32H12F18O2. The summed E-state index contributed by atoms with van der Waals surface area (Å²) in [4.78, 5) is 0. The molecular weight excluding hydrogens is 758 g/mol. The van der Waals surface area contributed by atoms with Gasteiger partial charge >= 0.3 is 24.6 Å². The van der Waals surface area contributed by atoms with E-state index in [4.69, 9.17) is 0 Å². The highest BCUT2D eigenvalue weighted by molar-refractivity contribution is 5.80. The van der Waals surface area contributed by atoms with Crippen LogP contribution in [0.4, 0.5) is 79.0 Å². The monoisotopic (exact) mass is 770 g/mol. The van der Waals surface area contributed by atoms with Gasteiger partial charge in [-0.3, -0.25) is 0 Å². The molecule has 0 aliphatic heterocycles. The first-order chi connectivity index (χ1) is 23.8. The molecule has 0 aliphatic carbocycles. The van der Waals surface area contributed by atoms with Gasteiger partial charge in [-0.15, -0.1) is 5.73 Å². The van der Waals surface area contributed by atoms with Crippen LogP contribution in [0.25, 0.3) is 5.57 Å². The third kappa shape index (κ3) is 7.95. The Morgan fingerprint density at radius 3 is 0.923 bits per heavy atom. The number of rotatable bonds is 8. The number of alkyl halides is 10. The summed E-state index contributed by atoms with van der Waals surface area (Å²) in [6.07, 6.45) is -20.7. The molecule has 0 radical (unpaired) electrons. The number of allylic oxidation sites excluding steroid dienone is 1. The van der Waals surface area contributed by atoms with E-state index in [0.717, 1.165) is 13.0 Å². The molecule has 4 rings (SSSR count). The van der Waals surface area contributed by atoms with Crippen molar-refractivity contribution in [2.24, 2.45) is 0 Å². The summed E-state index contributed by atoms with van der Waals surface area (Å²) >= 11 is 0. The first kappa shape index (κ1) is 39.5. The van der Waals surface area contributed by atoms with E-state index in [9.17, 15) is 61.5 Å². The van der Waals surface area contributed by atoms with Crippen molar-refractivity contribution in [3.63, 3.8) is 0 Å². The number of hydrogen-bond acceptors (Lipinski definition) is 2. The third-order valence-electron chi connectivity index (χ3n) is 6.62. The molecule has 0 unspecified atom stereocenters. The number of benzene rings is 4. The summed E-state index contributed by atoms with van der Waals surface area (Å²) in [7, 11) is 0. The molecule has 4 aromatic carbocycles. The fourth-order valence-corrected chi connectivity index (χ4v) is 4.63. The molecule has 0 spiro atoms. The van der Waals surface area contributed by atoms with Gasteiger partial charge < -0.3 is 9.47 Å². The Kier molecular flexibility index (Phi) is 10.4. The molecule has 0 saturated carbocycles. The Morgan fingerprint density at radius 1 is 0.442 bits per heavy atom. The van der Waals surface area contributed by atoms with Crippen molar-refractivity contribution in [3.8, 4) is 11.5 Å². The van der Waals surface area contributed by atoms with Gasteiger partial charge in [0.25, 0.3) is 0 Å². The van der Waals surface area contributed by atoms with Crippen molar-refractivity contribution in [2.75, 3.05) is 0 Å². The van der Waals surface area contributed by atoms with E-state index < -0.39 is 122 Å². The highest BCUT2D eigenvalue weighted by Gasteiger charge is 2.45. The molecule has 0 aliphatic rings. The summed E-state index contributed by atoms with van der Waals surface area (Å²) in [5, 5.41) is 0. The van der Waals surface area contributed by atoms with Crippen LogP contribution in [0.5, 0.6) is 11.5 Å². The zero-order chi connectivity index (χ0) is 39.3. The molecule has 0 bridgehead atoms. The summed E-state index contributed by atoms with van der Waals surface area (Å²) in [5.74, 6) is -21.9. The van der Waals surface area contributed by atoms with Crippen molar-refractivity contribution in [2.45, 2.75) is 31.5 Å². The standard InChI is InChI=1S/C32H12F18O2/c1-2-3-16(12-4-17(33)27(18(34)5-12)31(47,48)51-14-8-21(37)25(22(38)9-14)29(41,42)43)13-6-19(35)28(20(36)7-13)32(49,50)52-15-10-23(39)26(24(40)11-15)30(44,45)46/h2,4-11H,1H3. The first-order valence-corrected chi connectivity index (χ1v) is 13.5. The minimum Gasteiger partial charge on any atom is -0.429 e. The predicted molar refractivity (Wildman–Crippen MR) is 141 cm³/mol. The fraction of sp³-hybridized carbons (Fsp3) is 0.156. The van der Waals surface area contributed by atoms with Crippen LogP contribution in [0.1, 0.15) is 40.3 Å². The molecule has 0 aromatic heterocycles. The molecule has 0 fully saturated rings. The van der Waals surface area contributed by atoms with Crippen LogP contribution in [0.2, 0.25) is 0 Å². The summed E-state index contributed by atoms with van der Waals surface area (Å²) in [6.45, 7) is 1.16. The fourth-order valence-electron chi connectivity index (χ4n) is 4.63. The Hall–Kier alpha value is -5.26. The molecule has 0 saturated heterocycles. The van der Waals surface area contributed by atoms with Crippen LogP contribution in [-0.2, 0) is 24.6 Å². The first-order valence-electron chi connectivity index (χ1n) is 13.5. The SMILES string of the molecule is CC=C=C(c1cc(F)c(C(F)(F)Oc2cc(F)c(C(F)(F)F)c(F)c2)c(F)c1)c1cc(F)c(C(F)(F)Oc2cc(F)c(C(F)(F)F)c(F)c2)c(F)c1. The van der Waals surface area contributed by atoms with Gasteiger partial charge in [0.05, 0.1) is 0 Å². The second-order valence-electron chi connectivity index (χ2n) is 10.2. The van der Waals surface area contributed by atoms with Gasteiger partial charge in [0.2, 0.25) is 0 Å². The lowest BCUT2D eigenvalue weighted by atomic mass is 9.95. The molecule has 0 N–H and O–H groups in total. The van der Waals surface area contributed by atoms with Gasteiger partial charge in [-0.05, 0) is 48.4 Å². The van der Waals surface area contributed by atoms with E-state index in [1.165, 1.54) is 0 Å². The summed E-state index contributed by atoms with van der Waals surface area (Å²) in [5.41, 5.74) is -9.84. The maximum Gasteiger partial charge on any atom is 0.432 e.